The van der Waals surface area contributed by atoms with Crippen molar-refractivity contribution in [3.63, 3.8) is 0 Å². The molecule has 5 nitrogen and oxygen atoms in total. The molecule has 0 atom stereocenters. The molecule has 0 aliphatic rings. The van der Waals surface area contributed by atoms with Crippen molar-refractivity contribution in [2.75, 3.05) is 30.3 Å². The van der Waals surface area contributed by atoms with Crippen LogP contribution in [0.2, 0.25) is 0 Å². The van der Waals surface area contributed by atoms with Gasteiger partial charge in [-0.05, 0) is 37.1 Å². The second-order valence-corrected chi connectivity index (χ2v) is 5.90. The molecule has 25 heavy (non-hydrogen) atoms. The SMILES string of the molecule is CCCN(CC(=O)Nc1ccccc1C)C(=O)CNc1ccccc1. The van der Waals surface area contributed by atoms with Crippen LogP contribution >= 0.6 is 0 Å². The number of para-hydroxylation sites is 2. The van der Waals surface area contributed by atoms with E-state index in [0.717, 1.165) is 23.4 Å². The standard InChI is InChI=1S/C20H25N3O2/c1-3-13-23(20(25)14-21-17-10-5-4-6-11-17)15-19(24)22-18-12-8-7-9-16(18)2/h4-12,21H,3,13-15H2,1-2H3,(H,22,24). The lowest BCUT2D eigenvalue weighted by Gasteiger charge is -2.22. The van der Waals surface area contributed by atoms with Crippen LogP contribution in [-0.4, -0.2) is 36.3 Å². The van der Waals surface area contributed by atoms with Crippen LogP contribution in [0.3, 0.4) is 0 Å². The molecule has 0 fully saturated rings. The average molecular weight is 339 g/mol. The number of nitrogens with one attached hydrogen (secondary N) is 2. The number of hydrogen-bond acceptors (Lipinski definition) is 3. The monoisotopic (exact) mass is 339 g/mol. The third-order valence-corrected chi connectivity index (χ3v) is 3.82. The van der Waals surface area contributed by atoms with E-state index >= 15 is 0 Å². The Labute approximate surface area is 149 Å². The molecule has 0 aliphatic carbocycles. The van der Waals surface area contributed by atoms with E-state index < -0.39 is 0 Å². The molecule has 0 saturated heterocycles. The van der Waals surface area contributed by atoms with Gasteiger partial charge in [0.05, 0.1) is 13.1 Å². The van der Waals surface area contributed by atoms with Gasteiger partial charge in [0.25, 0.3) is 0 Å². The first kappa shape index (κ1) is 18.5. The van der Waals surface area contributed by atoms with Crippen LogP contribution in [0.5, 0.6) is 0 Å². The van der Waals surface area contributed by atoms with Gasteiger partial charge in [-0.15, -0.1) is 0 Å². The van der Waals surface area contributed by atoms with Gasteiger partial charge in [0.1, 0.15) is 0 Å². The van der Waals surface area contributed by atoms with E-state index in [4.69, 9.17) is 0 Å². The molecule has 2 aromatic rings. The third-order valence-electron chi connectivity index (χ3n) is 3.82. The summed E-state index contributed by atoms with van der Waals surface area (Å²) in [6.07, 6.45) is 0.800. The van der Waals surface area contributed by atoms with Gasteiger partial charge in [0.15, 0.2) is 0 Å². The van der Waals surface area contributed by atoms with Crippen LogP contribution in [0.4, 0.5) is 11.4 Å². The molecule has 2 amide bonds. The maximum atomic E-state index is 12.4. The Kier molecular flexibility index (Phi) is 7.01. The summed E-state index contributed by atoms with van der Waals surface area (Å²) < 4.78 is 0. The Balaban J connectivity index is 1.91. The molecule has 0 saturated carbocycles. The summed E-state index contributed by atoms with van der Waals surface area (Å²) in [5.74, 6) is -0.276. The minimum absolute atomic E-state index is 0.0531. The number of aryl methyl sites for hydroxylation is 1. The lowest BCUT2D eigenvalue weighted by atomic mass is 10.2. The van der Waals surface area contributed by atoms with Crippen molar-refractivity contribution in [2.24, 2.45) is 0 Å². The predicted molar refractivity (Wildman–Crippen MR) is 102 cm³/mol. The summed E-state index contributed by atoms with van der Waals surface area (Å²) in [6.45, 7) is 4.70. The summed E-state index contributed by atoms with van der Waals surface area (Å²) in [7, 11) is 0. The molecule has 2 rings (SSSR count). The Bertz CT molecular complexity index is 701. The number of anilines is 2. The molecular weight excluding hydrogens is 314 g/mol. The highest BCUT2D eigenvalue weighted by atomic mass is 16.2. The third kappa shape index (κ3) is 5.95. The van der Waals surface area contributed by atoms with E-state index in [-0.39, 0.29) is 24.9 Å². The van der Waals surface area contributed by atoms with Crippen molar-refractivity contribution < 1.29 is 9.59 Å². The number of carbonyl (C=O) groups is 2. The molecule has 0 aromatic heterocycles. The van der Waals surface area contributed by atoms with Crippen LogP contribution in [0.25, 0.3) is 0 Å². The molecule has 132 valence electrons. The number of benzene rings is 2. The fraction of sp³-hybridized carbons (Fsp3) is 0.300. The molecule has 0 radical (unpaired) electrons. The van der Waals surface area contributed by atoms with E-state index in [1.54, 1.807) is 4.90 Å². The van der Waals surface area contributed by atoms with Crippen molar-refractivity contribution in [1.82, 2.24) is 4.90 Å². The first-order valence-electron chi connectivity index (χ1n) is 8.52. The molecule has 2 aromatic carbocycles. The van der Waals surface area contributed by atoms with Crippen LogP contribution < -0.4 is 10.6 Å². The van der Waals surface area contributed by atoms with Gasteiger partial charge >= 0.3 is 0 Å². The van der Waals surface area contributed by atoms with Gasteiger partial charge in [-0.3, -0.25) is 9.59 Å². The largest absolute Gasteiger partial charge is 0.376 e. The van der Waals surface area contributed by atoms with Crippen LogP contribution in [0.1, 0.15) is 18.9 Å². The Morgan fingerprint density at radius 1 is 1.00 bits per heavy atom. The van der Waals surface area contributed by atoms with Crippen LogP contribution in [0.15, 0.2) is 54.6 Å². The molecule has 0 heterocycles. The summed E-state index contributed by atoms with van der Waals surface area (Å²) in [5, 5.41) is 5.97. The van der Waals surface area contributed by atoms with Gasteiger partial charge in [0, 0.05) is 17.9 Å². The Morgan fingerprint density at radius 3 is 2.36 bits per heavy atom. The lowest BCUT2D eigenvalue weighted by Crippen LogP contribution is -2.41. The highest BCUT2D eigenvalue weighted by molar-refractivity contribution is 5.95. The van der Waals surface area contributed by atoms with E-state index in [0.29, 0.717) is 6.54 Å². The minimum Gasteiger partial charge on any atom is -0.376 e. The second-order valence-electron chi connectivity index (χ2n) is 5.90. The topological polar surface area (TPSA) is 61.4 Å². The zero-order valence-electron chi connectivity index (χ0n) is 14.8. The number of hydrogen-bond donors (Lipinski definition) is 2. The number of rotatable bonds is 8. The Morgan fingerprint density at radius 2 is 1.68 bits per heavy atom. The normalized spacial score (nSPS) is 10.2. The van der Waals surface area contributed by atoms with Gasteiger partial charge < -0.3 is 15.5 Å². The fourth-order valence-electron chi connectivity index (χ4n) is 2.48. The van der Waals surface area contributed by atoms with Crippen molar-refractivity contribution >= 4 is 23.2 Å². The van der Waals surface area contributed by atoms with E-state index in [2.05, 4.69) is 10.6 Å². The number of nitrogens with zero attached hydrogens (tertiary/aromatic N) is 1. The predicted octanol–water partition coefficient (Wildman–Crippen LogP) is 3.28. The molecule has 0 bridgehead atoms. The maximum Gasteiger partial charge on any atom is 0.244 e. The van der Waals surface area contributed by atoms with Crippen molar-refractivity contribution in [3.8, 4) is 0 Å². The highest BCUT2D eigenvalue weighted by Gasteiger charge is 2.16. The quantitative estimate of drug-likeness (QED) is 0.776. The van der Waals surface area contributed by atoms with Crippen molar-refractivity contribution in [2.45, 2.75) is 20.3 Å². The van der Waals surface area contributed by atoms with Crippen molar-refractivity contribution in [3.05, 3.63) is 60.2 Å². The van der Waals surface area contributed by atoms with E-state index in [1.165, 1.54) is 0 Å². The maximum absolute atomic E-state index is 12.4. The summed E-state index contributed by atoms with van der Waals surface area (Å²) >= 11 is 0. The smallest absolute Gasteiger partial charge is 0.244 e. The first-order chi connectivity index (χ1) is 12.1. The van der Waals surface area contributed by atoms with Crippen LogP contribution in [-0.2, 0) is 9.59 Å². The average Bonchev–Trinajstić information content (AvgIpc) is 2.62. The lowest BCUT2D eigenvalue weighted by molar-refractivity contribution is -0.133. The zero-order chi connectivity index (χ0) is 18.1. The minimum atomic E-state index is -0.184. The fourth-order valence-corrected chi connectivity index (χ4v) is 2.48. The van der Waals surface area contributed by atoms with Gasteiger partial charge in [-0.2, -0.15) is 0 Å². The zero-order valence-corrected chi connectivity index (χ0v) is 14.8. The number of amides is 2. The molecular formula is C20H25N3O2. The first-order valence-corrected chi connectivity index (χ1v) is 8.52. The Hall–Kier alpha value is -2.82. The van der Waals surface area contributed by atoms with Gasteiger partial charge in [-0.1, -0.05) is 43.3 Å². The second kappa shape index (κ2) is 9.47. The summed E-state index contributed by atoms with van der Waals surface area (Å²) in [4.78, 5) is 26.3. The molecule has 5 heteroatoms. The van der Waals surface area contributed by atoms with E-state index in [9.17, 15) is 9.59 Å². The highest BCUT2D eigenvalue weighted by Crippen LogP contribution is 2.13. The van der Waals surface area contributed by atoms with Gasteiger partial charge in [0.2, 0.25) is 11.8 Å². The van der Waals surface area contributed by atoms with Crippen molar-refractivity contribution in [1.29, 1.82) is 0 Å². The molecule has 2 N–H and O–H groups in total. The van der Waals surface area contributed by atoms with Crippen LogP contribution in [0, 0.1) is 6.92 Å². The molecule has 0 unspecified atom stereocenters. The molecule has 0 spiro atoms. The van der Waals surface area contributed by atoms with Gasteiger partial charge in [-0.25, -0.2) is 0 Å². The summed E-state index contributed by atoms with van der Waals surface area (Å²) in [6, 6.07) is 17.1. The number of carbonyl (C=O) groups excluding carboxylic acids is 2. The summed E-state index contributed by atoms with van der Waals surface area (Å²) in [5.41, 5.74) is 2.66. The van der Waals surface area contributed by atoms with E-state index in [1.807, 2.05) is 68.4 Å². The molecule has 0 aliphatic heterocycles.